The Hall–Kier alpha value is -2.39. The molecule has 0 atom stereocenters. The number of carbonyl (C=O) groups excluding carboxylic acids is 1. The summed E-state index contributed by atoms with van der Waals surface area (Å²) in [5.41, 5.74) is 5.32. The summed E-state index contributed by atoms with van der Waals surface area (Å²) in [4.78, 5) is 21.7. The van der Waals surface area contributed by atoms with Gasteiger partial charge in [-0.25, -0.2) is 4.79 Å². The monoisotopic (exact) mass is 248 g/mol. The van der Waals surface area contributed by atoms with Crippen LogP contribution in [0.4, 0.5) is 5.69 Å². The predicted molar refractivity (Wildman–Crippen MR) is 65.0 cm³/mol. The lowest BCUT2D eigenvalue weighted by Crippen LogP contribution is -2.05. The minimum absolute atomic E-state index is 0.108. The first-order valence-electron chi connectivity index (χ1n) is 5.24. The number of esters is 1. The van der Waals surface area contributed by atoms with E-state index in [0.717, 1.165) is 6.07 Å². The number of rotatable bonds is 3. The topological polar surface area (TPSA) is 95.5 Å². The highest BCUT2D eigenvalue weighted by atomic mass is 16.6. The number of hydrogen-bond acceptors (Lipinski definition) is 5. The zero-order valence-corrected chi connectivity index (χ0v) is 9.80. The quantitative estimate of drug-likeness (QED) is 0.374. The van der Waals surface area contributed by atoms with Crippen LogP contribution in [-0.2, 0) is 4.74 Å². The molecule has 0 bridgehead atoms. The SMILES string of the molecule is CCOC(=O)c1ccc(C#CCN)c([N+](=O)[O-])c1. The van der Waals surface area contributed by atoms with E-state index in [1.165, 1.54) is 12.1 Å². The van der Waals surface area contributed by atoms with Crippen molar-refractivity contribution in [2.24, 2.45) is 5.73 Å². The molecule has 6 nitrogen and oxygen atoms in total. The molecule has 0 spiro atoms. The van der Waals surface area contributed by atoms with Gasteiger partial charge in [0.25, 0.3) is 5.69 Å². The van der Waals surface area contributed by atoms with Crippen molar-refractivity contribution in [3.63, 3.8) is 0 Å². The van der Waals surface area contributed by atoms with Gasteiger partial charge in [0.1, 0.15) is 5.56 Å². The summed E-state index contributed by atoms with van der Waals surface area (Å²) in [5.74, 6) is 4.52. The van der Waals surface area contributed by atoms with E-state index in [9.17, 15) is 14.9 Å². The molecule has 0 heterocycles. The van der Waals surface area contributed by atoms with Crippen LogP contribution in [-0.4, -0.2) is 24.0 Å². The van der Waals surface area contributed by atoms with Crippen molar-refractivity contribution in [3.05, 3.63) is 39.4 Å². The molecule has 0 fully saturated rings. The highest BCUT2D eigenvalue weighted by Gasteiger charge is 2.16. The van der Waals surface area contributed by atoms with Gasteiger partial charge in [-0.1, -0.05) is 11.8 Å². The molecule has 0 aromatic heterocycles. The Bertz CT molecular complexity index is 529. The van der Waals surface area contributed by atoms with E-state index in [2.05, 4.69) is 11.8 Å². The lowest BCUT2D eigenvalue weighted by atomic mass is 10.1. The zero-order chi connectivity index (χ0) is 13.5. The predicted octanol–water partition coefficient (Wildman–Crippen LogP) is 1.08. The van der Waals surface area contributed by atoms with Gasteiger partial charge in [0.05, 0.1) is 23.6 Å². The maximum Gasteiger partial charge on any atom is 0.338 e. The molecule has 0 radical (unpaired) electrons. The molecule has 0 unspecified atom stereocenters. The van der Waals surface area contributed by atoms with Crippen molar-refractivity contribution in [1.82, 2.24) is 0 Å². The van der Waals surface area contributed by atoms with Gasteiger partial charge < -0.3 is 10.5 Å². The van der Waals surface area contributed by atoms with Crippen LogP contribution in [0.5, 0.6) is 0 Å². The third kappa shape index (κ3) is 3.30. The number of nitrogens with zero attached hydrogens (tertiary/aromatic N) is 1. The van der Waals surface area contributed by atoms with Gasteiger partial charge in [-0.3, -0.25) is 10.1 Å². The normalized spacial score (nSPS) is 9.22. The molecule has 0 aliphatic rings. The van der Waals surface area contributed by atoms with Gasteiger partial charge >= 0.3 is 5.97 Å². The van der Waals surface area contributed by atoms with Crippen molar-refractivity contribution >= 4 is 11.7 Å². The maximum absolute atomic E-state index is 11.4. The van der Waals surface area contributed by atoms with Crippen LogP contribution >= 0.6 is 0 Å². The summed E-state index contributed by atoms with van der Waals surface area (Å²) in [6.07, 6.45) is 0. The van der Waals surface area contributed by atoms with E-state index >= 15 is 0 Å². The van der Waals surface area contributed by atoms with Gasteiger partial charge in [0.2, 0.25) is 0 Å². The van der Waals surface area contributed by atoms with Gasteiger partial charge in [-0.2, -0.15) is 0 Å². The molecule has 0 aliphatic heterocycles. The van der Waals surface area contributed by atoms with Crippen molar-refractivity contribution in [2.45, 2.75) is 6.92 Å². The Morgan fingerprint density at radius 1 is 1.56 bits per heavy atom. The summed E-state index contributed by atoms with van der Waals surface area (Å²) in [6, 6.07) is 4.00. The number of benzene rings is 1. The van der Waals surface area contributed by atoms with Crippen LogP contribution in [0.2, 0.25) is 0 Å². The molecule has 0 aliphatic carbocycles. The third-order valence-corrected chi connectivity index (χ3v) is 2.03. The fourth-order valence-electron chi connectivity index (χ4n) is 1.28. The molecule has 94 valence electrons. The first-order chi connectivity index (χ1) is 8.60. The second-order valence-corrected chi connectivity index (χ2v) is 3.22. The van der Waals surface area contributed by atoms with E-state index in [4.69, 9.17) is 10.5 Å². The van der Waals surface area contributed by atoms with Crippen LogP contribution in [0.3, 0.4) is 0 Å². The standard InChI is InChI=1S/C12H12N2O4/c1-2-18-12(15)10-6-5-9(4-3-7-13)11(8-10)14(16)17/h5-6,8H,2,7,13H2,1H3. The lowest BCUT2D eigenvalue weighted by molar-refractivity contribution is -0.385. The molecule has 2 N–H and O–H groups in total. The average Bonchev–Trinajstić information content (AvgIpc) is 2.36. The molecule has 6 heteroatoms. The van der Waals surface area contributed by atoms with Crippen molar-refractivity contribution < 1.29 is 14.5 Å². The number of nitrogens with two attached hydrogens (primary N) is 1. The van der Waals surface area contributed by atoms with Crippen LogP contribution in [0.25, 0.3) is 0 Å². The fourth-order valence-corrected chi connectivity index (χ4v) is 1.28. The first kappa shape index (κ1) is 13.7. The van der Waals surface area contributed by atoms with Gasteiger partial charge in [-0.05, 0) is 19.1 Å². The second-order valence-electron chi connectivity index (χ2n) is 3.22. The Balaban J connectivity index is 3.19. The summed E-state index contributed by atoms with van der Waals surface area (Å²) in [7, 11) is 0. The van der Waals surface area contributed by atoms with Gasteiger partial charge in [-0.15, -0.1) is 0 Å². The van der Waals surface area contributed by atoms with E-state index in [0.29, 0.717) is 0 Å². The number of ether oxygens (including phenoxy) is 1. The fraction of sp³-hybridized carbons (Fsp3) is 0.250. The molecule has 1 aromatic carbocycles. The van der Waals surface area contributed by atoms with Crippen molar-refractivity contribution in [3.8, 4) is 11.8 Å². The lowest BCUT2D eigenvalue weighted by Gasteiger charge is -2.02. The van der Waals surface area contributed by atoms with Crippen LogP contribution in [0, 0.1) is 22.0 Å². The van der Waals surface area contributed by atoms with Crippen molar-refractivity contribution in [2.75, 3.05) is 13.2 Å². The number of nitro groups is 1. The van der Waals surface area contributed by atoms with Crippen LogP contribution < -0.4 is 5.73 Å². The highest BCUT2D eigenvalue weighted by molar-refractivity contribution is 5.90. The molecule has 18 heavy (non-hydrogen) atoms. The number of carbonyl (C=O) groups is 1. The molecule has 0 saturated heterocycles. The summed E-state index contributed by atoms with van der Waals surface area (Å²) < 4.78 is 4.77. The highest BCUT2D eigenvalue weighted by Crippen LogP contribution is 2.20. The third-order valence-electron chi connectivity index (χ3n) is 2.03. The van der Waals surface area contributed by atoms with E-state index in [-0.39, 0.29) is 30.0 Å². The Morgan fingerprint density at radius 3 is 2.83 bits per heavy atom. The molecular weight excluding hydrogens is 236 g/mol. The Labute approximate surface area is 104 Å². The summed E-state index contributed by atoms with van der Waals surface area (Å²) in [5, 5.41) is 10.9. The molecular formula is C12H12N2O4. The van der Waals surface area contributed by atoms with Crippen LogP contribution in [0.15, 0.2) is 18.2 Å². The largest absolute Gasteiger partial charge is 0.462 e. The zero-order valence-electron chi connectivity index (χ0n) is 9.80. The molecule has 0 amide bonds. The minimum Gasteiger partial charge on any atom is -0.462 e. The van der Waals surface area contributed by atoms with Crippen molar-refractivity contribution in [1.29, 1.82) is 0 Å². The summed E-state index contributed by atoms with van der Waals surface area (Å²) >= 11 is 0. The Morgan fingerprint density at radius 2 is 2.28 bits per heavy atom. The number of hydrogen-bond donors (Lipinski definition) is 1. The van der Waals surface area contributed by atoms with Gasteiger partial charge in [0.15, 0.2) is 0 Å². The van der Waals surface area contributed by atoms with E-state index in [1.54, 1.807) is 6.92 Å². The average molecular weight is 248 g/mol. The second kappa shape index (κ2) is 6.37. The molecule has 1 rings (SSSR count). The maximum atomic E-state index is 11.4. The van der Waals surface area contributed by atoms with E-state index < -0.39 is 10.9 Å². The van der Waals surface area contributed by atoms with Gasteiger partial charge in [0, 0.05) is 6.07 Å². The number of nitro benzene ring substituents is 1. The van der Waals surface area contributed by atoms with Crippen LogP contribution in [0.1, 0.15) is 22.8 Å². The molecule has 1 aromatic rings. The smallest absolute Gasteiger partial charge is 0.338 e. The minimum atomic E-state index is -0.598. The molecule has 0 saturated carbocycles. The van der Waals surface area contributed by atoms with E-state index in [1.807, 2.05) is 0 Å². The Kier molecular flexibility index (Phi) is 4.84. The first-order valence-corrected chi connectivity index (χ1v) is 5.24. The summed E-state index contributed by atoms with van der Waals surface area (Å²) in [6.45, 7) is 1.98.